The zero-order valence-corrected chi connectivity index (χ0v) is 12.0. The quantitative estimate of drug-likeness (QED) is 0.929. The number of hydrogen-bond donors (Lipinski definition) is 1. The van der Waals surface area contributed by atoms with E-state index in [1.54, 1.807) is 11.8 Å². The van der Waals surface area contributed by atoms with Gasteiger partial charge in [-0.3, -0.25) is 4.79 Å². The molecule has 1 rings (SSSR count). The first kappa shape index (κ1) is 13.7. The van der Waals surface area contributed by atoms with Crippen LogP contribution >= 0.6 is 27.3 Å². The van der Waals surface area contributed by atoms with Crippen LogP contribution < -0.4 is 0 Å². The first-order chi connectivity index (χ1) is 7.41. The first-order valence-corrected chi connectivity index (χ1v) is 6.82. The fourth-order valence-corrected chi connectivity index (χ4v) is 2.53. The zero-order valence-electron chi connectivity index (χ0n) is 9.61. The van der Waals surface area contributed by atoms with Crippen LogP contribution in [0.4, 0.5) is 0 Å². The summed E-state index contributed by atoms with van der Waals surface area (Å²) in [5, 5.41) is 11.2. The molecule has 1 aromatic heterocycles. The van der Waals surface area contributed by atoms with E-state index in [0.29, 0.717) is 12.1 Å². The molecule has 0 bridgehead atoms. The summed E-state index contributed by atoms with van der Waals surface area (Å²) in [6.07, 6.45) is -0.506. The van der Waals surface area contributed by atoms with Crippen LogP contribution in [0, 0.1) is 0 Å². The van der Waals surface area contributed by atoms with Gasteiger partial charge in [0.15, 0.2) is 0 Å². The molecule has 0 aliphatic heterocycles. The van der Waals surface area contributed by atoms with Crippen LogP contribution in [0.15, 0.2) is 15.2 Å². The average Bonchev–Trinajstić information content (AvgIpc) is 2.59. The minimum Gasteiger partial charge on any atom is -0.392 e. The zero-order chi connectivity index (χ0) is 12.3. The molecule has 0 aromatic carbocycles. The maximum atomic E-state index is 12.1. The van der Waals surface area contributed by atoms with Gasteiger partial charge >= 0.3 is 0 Å². The number of nitrogens with zero attached hydrogens (tertiary/aromatic N) is 1. The summed E-state index contributed by atoms with van der Waals surface area (Å²) in [6.45, 7) is 5.94. The monoisotopic (exact) mass is 305 g/mol. The Bertz CT molecular complexity index is 363. The summed E-state index contributed by atoms with van der Waals surface area (Å²) in [6, 6.07) is 1.89. The topological polar surface area (TPSA) is 40.5 Å². The fraction of sp³-hybridized carbons (Fsp3) is 0.545. The number of thiophene rings is 1. The van der Waals surface area contributed by atoms with Gasteiger partial charge in [0.25, 0.3) is 5.91 Å². The fourth-order valence-electron chi connectivity index (χ4n) is 1.40. The highest BCUT2D eigenvalue weighted by Crippen LogP contribution is 2.22. The number of aliphatic hydroxyl groups is 1. The van der Waals surface area contributed by atoms with Crippen molar-refractivity contribution in [3.05, 3.63) is 20.8 Å². The summed E-state index contributed by atoms with van der Waals surface area (Å²) in [5.41, 5.74) is 0.672. The summed E-state index contributed by atoms with van der Waals surface area (Å²) in [4.78, 5) is 13.8. The van der Waals surface area contributed by atoms with E-state index in [9.17, 15) is 9.90 Å². The molecule has 0 radical (unpaired) electrons. The van der Waals surface area contributed by atoms with Gasteiger partial charge in [0.2, 0.25) is 0 Å². The van der Waals surface area contributed by atoms with Crippen LogP contribution in [0.25, 0.3) is 0 Å². The summed E-state index contributed by atoms with van der Waals surface area (Å²) in [5.74, 6) is -0.0298. The Kier molecular flexibility index (Phi) is 4.95. The molecule has 1 atom stereocenters. The largest absolute Gasteiger partial charge is 0.392 e. The van der Waals surface area contributed by atoms with Gasteiger partial charge in [-0.25, -0.2) is 0 Å². The van der Waals surface area contributed by atoms with E-state index in [0.717, 1.165) is 3.79 Å². The van der Waals surface area contributed by atoms with Gasteiger partial charge in [0.05, 0.1) is 15.5 Å². The van der Waals surface area contributed by atoms with E-state index in [4.69, 9.17) is 0 Å². The van der Waals surface area contributed by atoms with Crippen molar-refractivity contribution in [3.63, 3.8) is 0 Å². The normalized spacial score (nSPS) is 12.9. The van der Waals surface area contributed by atoms with E-state index < -0.39 is 6.10 Å². The van der Waals surface area contributed by atoms with Crippen LogP contribution in [0.3, 0.4) is 0 Å². The van der Waals surface area contributed by atoms with Crippen molar-refractivity contribution in [2.75, 3.05) is 6.54 Å². The Morgan fingerprint density at radius 1 is 1.56 bits per heavy atom. The molecular formula is C11H16BrNO2S. The van der Waals surface area contributed by atoms with Crippen molar-refractivity contribution < 1.29 is 9.90 Å². The molecule has 0 aliphatic carbocycles. The highest BCUT2D eigenvalue weighted by atomic mass is 79.9. The first-order valence-electron chi connectivity index (χ1n) is 5.15. The molecule has 0 spiro atoms. The Morgan fingerprint density at radius 2 is 2.19 bits per heavy atom. The smallest absolute Gasteiger partial charge is 0.255 e. The lowest BCUT2D eigenvalue weighted by atomic mass is 10.2. The van der Waals surface area contributed by atoms with E-state index in [2.05, 4.69) is 15.9 Å². The van der Waals surface area contributed by atoms with Crippen LogP contribution in [0.1, 0.15) is 31.1 Å². The Labute approximate surface area is 108 Å². The lowest BCUT2D eigenvalue weighted by Crippen LogP contribution is -2.41. The molecule has 3 nitrogen and oxygen atoms in total. The molecule has 0 aliphatic rings. The van der Waals surface area contributed by atoms with E-state index in [1.165, 1.54) is 11.3 Å². The van der Waals surface area contributed by atoms with Crippen molar-refractivity contribution in [3.8, 4) is 0 Å². The molecule has 0 fully saturated rings. The van der Waals surface area contributed by atoms with Crippen LogP contribution in [0.5, 0.6) is 0 Å². The number of amides is 1. The van der Waals surface area contributed by atoms with Gasteiger partial charge in [-0.2, -0.15) is 0 Å². The standard InChI is InChI=1S/C11H16BrNO2S/c1-7(2)13(5-8(3)14)11(15)9-4-10(12)16-6-9/h4,6-8,14H,5H2,1-3H3. The van der Waals surface area contributed by atoms with Crippen LogP contribution in [0.2, 0.25) is 0 Å². The molecule has 1 aromatic rings. The van der Waals surface area contributed by atoms with Gasteiger partial charge in [-0.15, -0.1) is 11.3 Å². The molecule has 5 heteroatoms. The SMILES string of the molecule is CC(O)CN(C(=O)c1csc(Br)c1)C(C)C. The van der Waals surface area contributed by atoms with Gasteiger partial charge in [-0.1, -0.05) is 0 Å². The second kappa shape index (κ2) is 5.80. The maximum absolute atomic E-state index is 12.1. The number of hydrogen-bond acceptors (Lipinski definition) is 3. The number of rotatable bonds is 4. The minimum absolute atomic E-state index is 0.0298. The highest BCUT2D eigenvalue weighted by molar-refractivity contribution is 9.11. The lowest BCUT2D eigenvalue weighted by molar-refractivity contribution is 0.0579. The molecule has 16 heavy (non-hydrogen) atoms. The Morgan fingerprint density at radius 3 is 2.56 bits per heavy atom. The molecule has 0 saturated heterocycles. The number of aliphatic hydroxyl groups excluding tert-OH is 1. The van der Waals surface area contributed by atoms with Gasteiger partial charge in [0, 0.05) is 18.0 Å². The summed E-state index contributed by atoms with van der Waals surface area (Å²) in [7, 11) is 0. The van der Waals surface area contributed by atoms with Gasteiger partial charge in [-0.05, 0) is 42.8 Å². The Hall–Kier alpha value is -0.390. The number of carbonyl (C=O) groups excluding carboxylic acids is 1. The molecular weight excluding hydrogens is 290 g/mol. The molecule has 1 unspecified atom stereocenters. The molecule has 0 saturated carbocycles. The van der Waals surface area contributed by atoms with Gasteiger partial charge in [0.1, 0.15) is 0 Å². The van der Waals surface area contributed by atoms with Crippen molar-refractivity contribution in [1.82, 2.24) is 4.90 Å². The third-order valence-electron chi connectivity index (χ3n) is 2.16. The van der Waals surface area contributed by atoms with Gasteiger partial charge < -0.3 is 10.0 Å². The third kappa shape index (κ3) is 3.57. The van der Waals surface area contributed by atoms with E-state index >= 15 is 0 Å². The number of halogens is 1. The molecule has 1 N–H and O–H groups in total. The minimum atomic E-state index is -0.506. The lowest BCUT2D eigenvalue weighted by Gasteiger charge is -2.27. The number of carbonyl (C=O) groups is 1. The Balaban J connectivity index is 2.83. The van der Waals surface area contributed by atoms with E-state index in [1.807, 2.05) is 25.3 Å². The molecule has 90 valence electrons. The van der Waals surface area contributed by atoms with Crippen molar-refractivity contribution in [2.45, 2.75) is 32.9 Å². The van der Waals surface area contributed by atoms with Crippen LogP contribution in [-0.4, -0.2) is 34.6 Å². The highest BCUT2D eigenvalue weighted by Gasteiger charge is 2.20. The van der Waals surface area contributed by atoms with Crippen molar-refractivity contribution in [2.24, 2.45) is 0 Å². The van der Waals surface area contributed by atoms with Crippen molar-refractivity contribution >= 4 is 33.2 Å². The second-order valence-electron chi connectivity index (χ2n) is 4.04. The summed E-state index contributed by atoms with van der Waals surface area (Å²) >= 11 is 4.82. The average molecular weight is 306 g/mol. The predicted molar refractivity (Wildman–Crippen MR) is 69.9 cm³/mol. The molecule has 1 heterocycles. The summed E-state index contributed by atoms with van der Waals surface area (Å²) < 4.78 is 0.941. The van der Waals surface area contributed by atoms with Crippen molar-refractivity contribution in [1.29, 1.82) is 0 Å². The maximum Gasteiger partial charge on any atom is 0.255 e. The van der Waals surface area contributed by atoms with E-state index in [-0.39, 0.29) is 11.9 Å². The second-order valence-corrected chi connectivity index (χ2v) is 6.33. The van der Waals surface area contributed by atoms with Crippen LogP contribution in [-0.2, 0) is 0 Å². The predicted octanol–water partition coefficient (Wildman–Crippen LogP) is 2.74. The molecule has 1 amide bonds. The third-order valence-corrected chi connectivity index (χ3v) is 3.66.